The summed E-state index contributed by atoms with van der Waals surface area (Å²) < 4.78 is 0. The Morgan fingerprint density at radius 3 is 2.43 bits per heavy atom. The highest BCUT2D eigenvalue weighted by molar-refractivity contribution is 5.33. The lowest BCUT2D eigenvalue weighted by Crippen LogP contribution is -2.36. The van der Waals surface area contributed by atoms with Crippen molar-refractivity contribution < 1.29 is 0 Å². The predicted molar refractivity (Wildman–Crippen MR) is 63.1 cm³/mol. The molecule has 0 saturated carbocycles. The zero-order chi connectivity index (χ0) is 10.8. The second-order valence-electron chi connectivity index (χ2n) is 4.98. The van der Waals surface area contributed by atoms with E-state index in [-0.39, 0.29) is 5.54 Å². The number of rotatable bonds is 3. The molecule has 0 fully saturated rings. The molecule has 1 rings (SSSR count). The molecule has 14 heavy (non-hydrogen) atoms. The van der Waals surface area contributed by atoms with Crippen LogP contribution in [0.2, 0.25) is 0 Å². The predicted octanol–water partition coefficient (Wildman–Crippen LogP) is 3.42. The fourth-order valence-electron chi connectivity index (χ4n) is 1.94. The fourth-order valence-corrected chi connectivity index (χ4v) is 1.94. The van der Waals surface area contributed by atoms with Crippen LogP contribution < -0.4 is 5.73 Å². The van der Waals surface area contributed by atoms with Gasteiger partial charge < -0.3 is 5.73 Å². The summed E-state index contributed by atoms with van der Waals surface area (Å²) in [6.07, 6.45) is 10.0. The Hall–Kier alpha value is -0.560. The Balaban J connectivity index is 2.97. The Kier molecular flexibility index (Phi) is 3.20. The summed E-state index contributed by atoms with van der Waals surface area (Å²) in [5, 5.41) is 0. The lowest BCUT2D eigenvalue weighted by atomic mass is 9.73. The van der Waals surface area contributed by atoms with Crippen LogP contribution in [0.3, 0.4) is 0 Å². The minimum absolute atomic E-state index is 0.143. The molecule has 1 nitrogen and oxygen atoms in total. The summed E-state index contributed by atoms with van der Waals surface area (Å²) in [4.78, 5) is 0. The molecule has 80 valence electrons. The summed E-state index contributed by atoms with van der Waals surface area (Å²) in [5.74, 6) is 0. The summed E-state index contributed by atoms with van der Waals surface area (Å²) in [5.41, 5.74) is 7.72. The van der Waals surface area contributed by atoms with Gasteiger partial charge in [0.25, 0.3) is 0 Å². The first-order valence-electron chi connectivity index (χ1n) is 5.62. The van der Waals surface area contributed by atoms with Gasteiger partial charge in [-0.15, -0.1) is 0 Å². The Morgan fingerprint density at radius 1 is 1.43 bits per heavy atom. The number of nitrogens with two attached hydrogens (primary N) is 1. The number of allylic oxidation sites excluding steroid dienone is 2. The second kappa shape index (κ2) is 3.90. The molecular formula is C13H23N. The molecule has 0 aliphatic heterocycles. The molecule has 1 heteroatoms. The van der Waals surface area contributed by atoms with Gasteiger partial charge in [0.1, 0.15) is 0 Å². The Morgan fingerprint density at radius 2 is 2.00 bits per heavy atom. The van der Waals surface area contributed by atoms with Crippen LogP contribution in [-0.4, -0.2) is 5.54 Å². The lowest BCUT2D eigenvalue weighted by Gasteiger charge is -2.34. The van der Waals surface area contributed by atoms with Crippen molar-refractivity contribution in [3.05, 3.63) is 23.8 Å². The average molecular weight is 193 g/mol. The summed E-state index contributed by atoms with van der Waals surface area (Å²) in [6, 6.07) is 0. The van der Waals surface area contributed by atoms with E-state index in [2.05, 4.69) is 45.9 Å². The first-order chi connectivity index (χ1) is 6.43. The molecule has 0 bridgehead atoms. The van der Waals surface area contributed by atoms with Crippen molar-refractivity contribution in [1.82, 2.24) is 0 Å². The molecule has 0 saturated heterocycles. The van der Waals surface area contributed by atoms with Crippen molar-refractivity contribution in [1.29, 1.82) is 0 Å². The van der Waals surface area contributed by atoms with Crippen LogP contribution in [0.15, 0.2) is 23.8 Å². The monoisotopic (exact) mass is 193 g/mol. The van der Waals surface area contributed by atoms with Gasteiger partial charge in [0.05, 0.1) is 0 Å². The molecule has 1 atom stereocenters. The van der Waals surface area contributed by atoms with Crippen LogP contribution in [0.25, 0.3) is 0 Å². The fraction of sp³-hybridized carbons (Fsp3) is 0.692. The van der Waals surface area contributed by atoms with Gasteiger partial charge in [-0.25, -0.2) is 0 Å². The molecule has 1 aliphatic carbocycles. The van der Waals surface area contributed by atoms with Gasteiger partial charge in [0.15, 0.2) is 0 Å². The van der Waals surface area contributed by atoms with Gasteiger partial charge in [0.2, 0.25) is 0 Å². The quantitative estimate of drug-likeness (QED) is 0.730. The van der Waals surface area contributed by atoms with Crippen LogP contribution in [-0.2, 0) is 0 Å². The van der Waals surface area contributed by atoms with Gasteiger partial charge in [-0.1, -0.05) is 39.0 Å². The topological polar surface area (TPSA) is 26.0 Å². The van der Waals surface area contributed by atoms with E-state index in [1.54, 1.807) is 0 Å². The van der Waals surface area contributed by atoms with Crippen LogP contribution in [0.4, 0.5) is 0 Å². The molecule has 0 heterocycles. The summed E-state index contributed by atoms with van der Waals surface area (Å²) in [7, 11) is 0. The standard InChI is InChI=1S/C13H23N/c1-5-12(3,6-2)11-8-7-9-13(4,14)10-11/h7-8,10H,5-6,9,14H2,1-4H3. The SMILES string of the molecule is CCC(C)(CC)C1=CC(C)(N)CC=C1. The summed E-state index contributed by atoms with van der Waals surface area (Å²) >= 11 is 0. The first kappa shape index (κ1) is 11.5. The zero-order valence-corrected chi connectivity index (χ0v) is 9.93. The minimum atomic E-state index is -0.143. The molecule has 0 amide bonds. The third kappa shape index (κ3) is 2.27. The van der Waals surface area contributed by atoms with E-state index in [1.807, 2.05) is 0 Å². The highest BCUT2D eigenvalue weighted by atomic mass is 14.7. The smallest absolute Gasteiger partial charge is 0.0351 e. The van der Waals surface area contributed by atoms with Crippen molar-refractivity contribution in [3.8, 4) is 0 Å². The van der Waals surface area contributed by atoms with Crippen molar-refractivity contribution in [2.24, 2.45) is 11.1 Å². The van der Waals surface area contributed by atoms with Gasteiger partial charge in [0, 0.05) is 5.54 Å². The molecule has 0 spiro atoms. The van der Waals surface area contributed by atoms with Gasteiger partial charge in [-0.05, 0) is 37.2 Å². The van der Waals surface area contributed by atoms with E-state index in [9.17, 15) is 0 Å². The number of hydrogen-bond acceptors (Lipinski definition) is 1. The molecule has 1 unspecified atom stereocenters. The highest BCUT2D eigenvalue weighted by Crippen LogP contribution is 2.38. The van der Waals surface area contributed by atoms with Crippen molar-refractivity contribution in [3.63, 3.8) is 0 Å². The molecule has 0 aromatic carbocycles. The Labute approximate surface area is 88.1 Å². The zero-order valence-electron chi connectivity index (χ0n) is 9.93. The van der Waals surface area contributed by atoms with E-state index in [0.717, 1.165) is 6.42 Å². The molecule has 0 aromatic heterocycles. The average Bonchev–Trinajstić information content (AvgIpc) is 2.15. The van der Waals surface area contributed by atoms with E-state index < -0.39 is 0 Å². The summed E-state index contributed by atoms with van der Waals surface area (Å²) in [6.45, 7) is 8.92. The van der Waals surface area contributed by atoms with Crippen LogP contribution >= 0.6 is 0 Å². The van der Waals surface area contributed by atoms with Gasteiger partial charge in [-0.2, -0.15) is 0 Å². The lowest BCUT2D eigenvalue weighted by molar-refractivity contribution is 0.368. The third-order valence-electron chi connectivity index (χ3n) is 3.60. The van der Waals surface area contributed by atoms with E-state index in [4.69, 9.17) is 5.73 Å². The highest BCUT2D eigenvalue weighted by Gasteiger charge is 2.28. The number of hydrogen-bond donors (Lipinski definition) is 1. The molecular weight excluding hydrogens is 170 g/mol. The Bertz CT molecular complexity index is 254. The maximum Gasteiger partial charge on any atom is 0.0351 e. The third-order valence-corrected chi connectivity index (χ3v) is 3.60. The van der Waals surface area contributed by atoms with E-state index in [0.29, 0.717) is 5.41 Å². The molecule has 1 aliphatic rings. The maximum absolute atomic E-state index is 6.15. The van der Waals surface area contributed by atoms with Gasteiger partial charge in [-0.3, -0.25) is 0 Å². The van der Waals surface area contributed by atoms with Crippen LogP contribution in [0.1, 0.15) is 47.0 Å². The van der Waals surface area contributed by atoms with E-state index in [1.165, 1.54) is 18.4 Å². The van der Waals surface area contributed by atoms with Crippen molar-refractivity contribution in [2.45, 2.75) is 52.5 Å². The van der Waals surface area contributed by atoms with Crippen LogP contribution in [0, 0.1) is 5.41 Å². The van der Waals surface area contributed by atoms with Crippen molar-refractivity contribution >= 4 is 0 Å². The molecule has 2 N–H and O–H groups in total. The minimum Gasteiger partial charge on any atom is -0.322 e. The molecule has 0 aromatic rings. The first-order valence-corrected chi connectivity index (χ1v) is 5.62. The largest absolute Gasteiger partial charge is 0.322 e. The van der Waals surface area contributed by atoms with E-state index >= 15 is 0 Å². The molecule has 0 radical (unpaired) electrons. The second-order valence-corrected chi connectivity index (χ2v) is 4.98. The maximum atomic E-state index is 6.15. The van der Waals surface area contributed by atoms with Crippen LogP contribution in [0.5, 0.6) is 0 Å². The van der Waals surface area contributed by atoms with Crippen molar-refractivity contribution in [2.75, 3.05) is 0 Å². The van der Waals surface area contributed by atoms with Gasteiger partial charge >= 0.3 is 0 Å². The normalized spacial score (nSPS) is 27.6.